The van der Waals surface area contributed by atoms with Gasteiger partial charge in [0, 0.05) is 35.6 Å². The highest BCUT2D eigenvalue weighted by molar-refractivity contribution is 7.98. The van der Waals surface area contributed by atoms with E-state index in [-0.39, 0.29) is 39.7 Å². The molecule has 2 amide bonds. The fraction of sp³-hybridized carbons (Fsp3) is 0.412. The number of benzene rings is 1. The largest absolute Gasteiger partial charge is 0.508 e. The summed E-state index contributed by atoms with van der Waals surface area (Å²) in [5, 5.41) is 34.0. The first-order valence-electron chi connectivity index (χ1n) is 8.21. The standard InChI is InChI=1S/C17H20N2O8S/c1-7-12(21)3-13(22)9-5-28-6-11(16(24)25)19-15(23)10(18-8(2)20)4-27-17(26)14(7)9/h3,10-11,21-22H,4-6H2,1-2H3,(H,18,20)(H,19,23)(H,24,25)/t10-,11-/m0/s1. The summed E-state index contributed by atoms with van der Waals surface area (Å²) in [4.78, 5) is 47.7. The van der Waals surface area contributed by atoms with Crippen LogP contribution in [0.5, 0.6) is 11.5 Å². The van der Waals surface area contributed by atoms with Crippen LogP contribution in [0.3, 0.4) is 0 Å². The Balaban J connectivity index is 2.46. The highest BCUT2D eigenvalue weighted by Crippen LogP contribution is 2.35. The second-order valence-corrected chi connectivity index (χ2v) is 7.19. The fourth-order valence-corrected chi connectivity index (χ4v) is 3.69. The molecule has 1 aromatic rings. The Kier molecular flexibility index (Phi) is 6.73. The molecule has 1 aliphatic heterocycles. The van der Waals surface area contributed by atoms with Crippen LogP contribution in [-0.4, -0.2) is 63.5 Å². The molecule has 0 unspecified atom stereocenters. The van der Waals surface area contributed by atoms with Crippen LogP contribution in [-0.2, 0) is 24.9 Å². The lowest BCUT2D eigenvalue weighted by molar-refractivity contribution is -0.141. The lowest BCUT2D eigenvalue weighted by Gasteiger charge is -2.23. The van der Waals surface area contributed by atoms with E-state index in [9.17, 15) is 34.5 Å². The number of carbonyl (C=O) groups excluding carboxylic acids is 3. The number of phenols is 2. The van der Waals surface area contributed by atoms with E-state index in [4.69, 9.17) is 4.74 Å². The molecule has 10 nitrogen and oxygen atoms in total. The number of aliphatic carboxylic acids is 1. The smallest absolute Gasteiger partial charge is 0.339 e. The Morgan fingerprint density at radius 2 is 1.96 bits per heavy atom. The van der Waals surface area contributed by atoms with Gasteiger partial charge in [-0.3, -0.25) is 9.59 Å². The van der Waals surface area contributed by atoms with Gasteiger partial charge in [-0.2, -0.15) is 11.8 Å². The van der Waals surface area contributed by atoms with Crippen molar-refractivity contribution in [2.75, 3.05) is 12.4 Å². The van der Waals surface area contributed by atoms with Gasteiger partial charge in [0.1, 0.15) is 30.2 Å². The quantitative estimate of drug-likeness (QED) is 0.417. The van der Waals surface area contributed by atoms with Crippen molar-refractivity contribution in [2.24, 2.45) is 0 Å². The Hall–Kier alpha value is -2.95. The highest BCUT2D eigenvalue weighted by atomic mass is 32.2. The normalized spacial score (nSPS) is 20.6. The van der Waals surface area contributed by atoms with E-state index in [0.29, 0.717) is 0 Å². The molecule has 28 heavy (non-hydrogen) atoms. The highest BCUT2D eigenvalue weighted by Gasteiger charge is 2.30. The number of carboxylic acid groups (broad SMARTS) is 1. The minimum absolute atomic E-state index is 0.0478. The van der Waals surface area contributed by atoms with E-state index in [1.165, 1.54) is 6.92 Å². The monoisotopic (exact) mass is 412 g/mol. The molecule has 1 aliphatic rings. The molecule has 152 valence electrons. The van der Waals surface area contributed by atoms with E-state index < -0.39 is 42.4 Å². The van der Waals surface area contributed by atoms with E-state index in [0.717, 1.165) is 24.8 Å². The number of aromatic hydroxyl groups is 2. The summed E-state index contributed by atoms with van der Waals surface area (Å²) >= 11 is 1.06. The average Bonchev–Trinajstić information content (AvgIpc) is 2.60. The van der Waals surface area contributed by atoms with Gasteiger partial charge in [0.25, 0.3) is 0 Å². The predicted molar refractivity (Wildman–Crippen MR) is 98.1 cm³/mol. The molecule has 0 bridgehead atoms. The summed E-state index contributed by atoms with van der Waals surface area (Å²) in [7, 11) is 0. The number of esters is 1. The first kappa shape index (κ1) is 21.4. The van der Waals surface area contributed by atoms with Gasteiger partial charge in [-0.05, 0) is 6.92 Å². The molecule has 11 heteroatoms. The van der Waals surface area contributed by atoms with Crippen LogP contribution in [0.25, 0.3) is 0 Å². The number of rotatable bonds is 2. The Morgan fingerprint density at radius 1 is 1.29 bits per heavy atom. The van der Waals surface area contributed by atoms with E-state index in [2.05, 4.69) is 10.6 Å². The van der Waals surface area contributed by atoms with E-state index >= 15 is 0 Å². The topological polar surface area (TPSA) is 162 Å². The van der Waals surface area contributed by atoms with Crippen molar-refractivity contribution in [1.29, 1.82) is 0 Å². The van der Waals surface area contributed by atoms with Gasteiger partial charge >= 0.3 is 11.9 Å². The van der Waals surface area contributed by atoms with Crippen LogP contribution in [0.1, 0.15) is 28.4 Å². The summed E-state index contributed by atoms with van der Waals surface area (Å²) in [6.07, 6.45) is 0. The maximum Gasteiger partial charge on any atom is 0.339 e. The molecule has 0 radical (unpaired) electrons. The van der Waals surface area contributed by atoms with Gasteiger partial charge < -0.3 is 30.7 Å². The van der Waals surface area contributed by atoms with Gasteiger partial charge in [-0.15, -0.1) is 0 Å². The number of ether oxygens (including phenoxy) is 1. The van der Waals surface area contributed by atoms with Gasteiger partial charge in [0.05, 0.1) is 5.56 Å². The summed E-state index contributed by atoms with van der Waals surface area (Å²) in [6, 6.07) is -1.47. The molecule has 2 atom stereocenters. The summed E-state index contributed by atoms with van der Waals surface area (Å²) in [5.74, 6) is -4.21. The third-order valence-electron chi connectivity index (χ3n) is 4.07. The Bertz CT molecular complexity index is 826. The maximum atomic E-state index is 12.6. The summed E-state index contributed by atoms with van der Waals surface area (Å²) in [6.45, 7) is 2.06. The van der Waals surface area contributed by atoms with Gasteiger partial charge in [0.2, 0.25) is 11.8 Å². The van der Waals surface area contributed by atoms with Crippen LogP contribution in [0.15, 0.2) is 6.07 Å². The number of hydrogen-bond acceptors (Lipinski definition) is 8. The van der Waals surface area contributed by atoms with Crippen molar-refractivity contribution >= 4 is 35.5 Å². The number of hydrogen-bond donors (Lipinski definition) is 5. The van der Waals surface area contributed by atoms with Crippen molar-refractivity contribution in [1.82, 2.24) is 10.6 Å². The van der Waals surface area contributed by atoms with Crippen molar-refractivity contribution in [3.63, 3.8) is 0 Å². The summed E-state index contributed by atoms with van der Waals surface area (Å²) < 4.78 is 5.12. The number of carboxylic acids is 1. The third-order valence-corrected chi connectivity index (χ3v) is 5.13. The van der Waals surface area contributed by atoms with Crippen LogP contribution in [0.2, 0.25) is 0 Å². The molecule has 0 spiro atoms. The van der Waals surface area contributed by atoms with Gasteiger partial charge in [0.15, 0.2) is 0 Å². The zero-order valence-electron chi connectivity index (χ0n) is 15.1. The van der Waals surface area contributed by atoms with Crippen LogP contribution < -0.4 is 10.6 Å². The van der Waals surface area contributed by atoms with Crippen LogP contribution in [0.4, 0.5) is 0 Å². The minimum atomic E-state index is -1.30. The molecule has 0 saturated heterocycles. The van der Waals surface area contributed by atoms with E-state index in [1.54, 1.807) is 0 Å². The number of amides is 2. The van der Waals surface area contributed by atoms with Gasteiger partial charge in [-0.1, -0.05) is 0 Å². The molecular weight excluding hydrogens is 392 g/mol. The van der Waals surface area contributed by atoms with Crippen molar-refractivity contribution in [2.45, 2.75) is 31.7 Å². The molecular formula is C17H20N2O8S. The molecule has 1 aromatic carbocycles. The molecule has 1 heterocycles. The number of cyclic esters (lactones) is 1. The van der Waals surface area contributed by atoms with Crippen molar-refractivity contribution in [3.05, 3.63) is 22.8 Å². The molecule has 0 saturated carbocycles. The van der Waals surface area contributed by atoms with Crippen molar-refractivity contribution < 1.29 is 39.2 Å². The average molecular weight is 412 g/mol. The molecule has 0 aliphatic carbocycles. The van der Waals surface area contributed by atoms with E-state index in [1.807, 2.05) is 0 Å². The van der Waals surface area contributed by atoms with Crippen molar-refractivity contribution in [3.8, 4) is 11.5 Å². The third kappa shape index (κ3) is 4.85. The zero-order chi connectivity index (χ0) is 21.0. The zero-order valence-corrected chi connectivity index (χ0v) is 16.0. The minimum Gasteiger partial charge on any atom is -0.508 e. The first-order chi connectivity index (χ1) is 13.1. The number of nitrogens with one attached hydrogen (secondary N) is 2. The molecule has 0 fully saturated rings. The number of thioether (sulfide) groups is 1. The van der Waals surface area contributed by atoms with Crippen LogP contribution in [0, 0.1) is 6.92 Å². The lowest BCUT2D eigenvalue weighted by atomic mass is 10.0. The lowest BCUT2D eigenvalue weighted by Crippen LogP contribution is -2.54. The maximum absolute atomic E-state index is 12.6. The summed E-state index contributed by atoms with van der Waals surface area (Å²) in [5.41, 5.74) is 0.280. The molecule has 5 N–H and O–H groups in total. The second-order valence-electron chi connectivity index (χ2n) is 6.16. The Labute approximate surface area is 164 Å². The molecule has 0 aromatic heterocycles. The number of fused-ring (bicyclic) bond motifs is 1. The SMILES string of the molecule is CC(=O)N[C@H]1COC(=O)c2c(C)c(O)cc(O)c2CSC[C@@H](C(=O)O)NC1=O. The first-order valence-corrected chi connectivity index (χ1v) is 9.36. The van der Waals surface area contributed by atoms with Crippen LogP contribution >= 0.6 is 11.8 Å². The van der Waals surface area contributed by atoms with Gasteiger partial charge in [-0.25, -0.2) is 9.59 Å². The molecule has 2 rings (SSSR count). The fourth-order valence-electron chi connectivity index (χ4n) is 2.62. The predicted octanol–water partition coefficient (Wildman–Crippen LogP) is -0.116. The number of carbonyl (C=O) groups is 4. The second kappa shape index (κ2) is 8.83. The Morgan fingerprint density at radius 3 is 2.57 bits per heavy atom. The number of phenolic OH excluding ortho intramolecular Hbond substituents is 2.